The third-order valence-electron chi connectivity index (χ3n) is 4.76. The first-order valence-electron chi connectivity index (χ1n) is 8.47. The van der Waals surface area contributed by atoms with E-state index in [1.807, 2.05) is 16.7 Å². The molecular weight excluding hydrogens is 272 g/mol. The van der Waals surface area contributed by atoms with Crippen LogP contribution in [0.2, 0.25) is 0 Å². The summed E-state index contributed by atoms with van der Waals surface area (Å²) < 4.78 is 1.90. The van der Waals surface area contributed by atoms with Crippen molar-refractivity contribution in [2.45, 2.75) is 64.8 Å². The van der Waals surface area contributed by atoms with Crippen LogP contribution in [-0.2, 0) is 12.0 Å². The zero-order chi connectivity index (χ0) is 15.7. The number of fused-ring (bicyclic) bond motifs is 1. The molecule has 0 aliphatic heterocycles. The monoisotopic (exact) mass is 298 g/mol. The molecule has 0 spiro atoms. The van der Waals surface area contributed by atoms with Crippen molar-refractivity contribution < 1.29 is 0 Å². The van der Waals surface area contributed by atoms with E-state index in [9.17, 15) is 4.79 Å². The summed E-state index contributed by atoms with van der Waals surface area (Å²) in [6.45, 7) is 7.17. The van der Waals surface area contributed by atoms with Crippen LogP contribution in [0, 0.1) is 5.92 Å². The predicted octanol–water partition coefficient (Wildman–Crippen LogP) is 4.27. The Morgan fingerprint density at radius 2 is 1.82 bits per heavy atom. The molecule has 1 aliphatic carbocycles. The first-order chi connectivity index (χ1) is 10.5. The fraction of sp³-hybridized carbons (Fsp3) is 0.579. The minimum absolute atomic E-state index is 0.0887. The average molecular weight is 298 g/mol. The van der Waals surface area contributed by atoms with E-state index in [0.29, 0.717) is 5.92 Å². The van der Waals surface area contributed by atoms with E-state index in [0.717, 1.165) is 23.1 Å². The molecule has 0 radical (unpaired) electrons. The van der Waals surface area contributed by atoms with Gasteiger partial charge in [0, 0.05) is 17.3 Å². The highest BCUT2D eigenvalue weighted by atomic mass is 16.1. The molecule has 118 valence electrons. The predicted molar refractivity (Wildman–Crippen MR) is 91.3 cm³/mol. The summed E-state index contributed by atoms with van der Waals surface area (Å²) in [6, 6.07) is 8.22. The molecule has 0 N–H and O–H groups in total. The molecule has 0 bridgehead atoms. The molecule has 2 aromatic rings. The molecule has 0 unspecified atom stereocenters. The van der Waals surface area contributed by atoms with E-state index < -0.39 is 0 Å². The van der Waals surface area contributed by atoms with Gasteiger partial charge < -0.3 is 0 Å². The van der Waals surface area contributed by atoms with Gasteiger partial charge in [-0.1, -0.05) is 58.2 Å². The summed E-state index contributed by atoms with van der Waals surface area (Å²) in [5.41, 5.74) is 1.74. The molecule has 0 atom stereocenters. The van der Waals surface area contributed by atoms with E-state index in [1.165, 1.54) is 32.1 Å². The molecule has 1 aromatic carbocycles. The molecule has 3 heteroatoms. The summed E-state index contributed by atoms with van der Waals surface area (Å²) in [4.78, 5) is 17.1. The average Bonchev–Trinajstić information content (AvgIpc) is 2.50. The van der Waals surface area contributed by atoms with Gasteiger partial charge in [0.1, 0.15) is 0 Å². The van der Waals surface area contributed by atoms with Crippen LogP contribution in [0.4, 0.5) is 0 Å². The van der Waals surface area contributed by atoms with Crippen molar-refractivity contribution in [3.05, 3.63) is 40.4 Å². The highest BCUT2D eigenvalue weighted by molar-refractivity contribution is 5.82. The molecular formula is C19H26N2O. The molecule has 1 heterocycles. The van der Waals surface area contributed by atoms with Gasteiger partial charge in [0.05, 0.1) is 11.2 Å². The molecule has 3 rings (SSSR count). The van der Waals surface area contributed by atoms with Crippen molar-refractivity contribution in [3.8, 4) is 0 Å². The van der Waals surface area contributed by atoms with Crippen LogP contribution in [0.15, 0.2) is 29.1 Å². The van der Waals surface area contributed by atoms with Gasteiger partial charge in [-0.3, -0.25) is 4.57 Å². The minimum atomic E-state index is -0.122. The van der Waals surface area contributed by atoms with Crippen LogP contribution >= 0.6 is 0 Å². The smallest absolute Gasteiger partial charge is 0.292 e. The van der Waals surface area contributed by atoms with Crippen LogP contribution in [0.1, 0.15) is 58.6 Å². The summed E-state index contributed by atoms with van der Waals surface area (Å²) in [5.74, 6) is 0.622. The number of benzene rings is 1. The van der Waals surface area contributed by atoms with Crippen molar-refractivity contribution in [1.29, 1.82) is 0 Å². The largest absolute Gasteiger partial charge is 0.348 e. The first kappa shape index (κ1) is 15.3. The molecule has 1 fully saturated rings. The number of hydrogen-bond donors (Lipinski definition) is 0. The van der Waals surface area contributed by atoms with Crippen molar-refractivity contribution in [1.82, 2.24) is 9.55 Å². The van der Waals surface area contributed by atoms with E-state index in [1.54, 1.807) is 0 Å². The number of para-hydroxylation sites is 1. The van der Waals surface area contributed by atoms with Crippen LogP contribution in [0.5, 0.6) is 0 Å². The third kappa shape index (κ3) is 2.94. The zero-order valence-corrected chi connectivity index (χ0v) is 13.9. The van der Waals surface area contributed by atoms with E-state index >= 15 is 0 Å². The maximum absolute atomic E-state index is 12.6. The lowest BCUT2D eigenvalue weighted by molar-refractivity contribution is 0.318. The second kappa shape index (κ2) is 5.86. The fourth-order valence-corrected chi connectivity index (χ4v) is 3.60. The molecule has 0 saturated heterocycles. The number of hydrogen-bond acceptors (Lipinski definition) is 2. The van der Waals surface area contributed by atoms with Gasteiger partial charge in [-0.25, -0.2) is 4.79 Å². The Labute approximate surface area is 132 Å². The van der Waals surface area contributed by atoms with E-state index in [4.69, 9.17) is 0 Å². The lowest BCUT2D eigenvalue weighted by Gasteiger charge is -2.25. The first-order valence-corrected chi connectivity index (χ1v) is 8.47. The Morgan fingerprint density at radius 1 is 1.14 bits per heavy atom. The summed E-state index contributed by atoms with van der Waals surface area (Å²) in [7, 11) is 0. The standard InChI is InChI=1S/C19H26N2O/c1-19(2,3)17-15-11-7-8-12-16(15)21(18(22)20-17)13-14-9-5-4-6-10-14/h7-8,11-12,14H,4-6,9-10,13H2,1-3H3. The maximum Gasteiger partial charge on any atom is 0.348 e. The molecule has 1 aromatic heterocycles. The number of aromatic nitrogens is 2. The molecule has 0 amide bonds. The van der Waals surface area contributed by atoms with Crippen LogP contribution < -0.4 is 5.69 Å². The van der Waals surface area contributed by atoms with Gasteiger partial charge in [-0.05, 0) is 24.8 Å². The van der Waals surface area contributed by atoms with Gasteiger partial charge in [-0.15, -0.1) is 0 Å². The third-order valence-corrected chi connectivity index (χ3v) is 4.76. The summed E-state index contributed by atoms with van der Waals surface area (Å²) in [6.07, 6.45) is 6.41. The minimum Gasteiger partial charge on any atom is -0.292 e. The molecule has 1 aliphatic rings. The van der Waals surface area contributed by atoms with Crippen molar-refractivity contribution >= 4 is 10.9 Å². The Kier molecular flexibility index (Phi) is 4.07. The zero-order valence-electron chi connectivity index (χ0n) is 13.9. The Hall–Kier alpha value is -1.64. The lowest BCUT2D eigenvalue weighted by Crippen LogP contribution is -2.31. The van der Waals surface area contributed by atoms with E-state index in [2.05, 4.69) is 37.9 Å². The van der Waals surface area contributed by atoms with Crippen LogP contribution in [0.25, 0.3) is 10.9 Å². The SMILES string of the molecule is CC(C)(C)c1nc(=O)n(CC2CCCCC2)c2ccccc12. The van der Waals surface area contributed by atoms with Gasteiger partial charge in [0.2, 0.25) is 0 Å². The van der Waals surface area contributed by atoms with E-state index in [-0.39, 0.29) is 11.1 Å². The van der Waals surface area contributed by atoms with Gasteiger partial charge in [-0.2, -0.15) is 4.98 Å². The lowest BCUT2D eigenvalue weighted by atomic mass is 9.88. The number of nitrogens with zero attached hydrogens (tertiary/aromatic N) is 2. The molecule has 3 nitrogen and oxygen atoms in total. The van der Waals surface area contributed by atoms with Crippen molar-refractivity contribution in [2.24, 2.45) is 5.92 Å². The Balaban J connectivity index is 2.11. The van der Waals surface area contributed by atoms with Gasteiger partial charge in [0.25, 0.3) is 0 Å². The topological polar surface area (TPSA) is 34.9 Å². The Bertz CT molecular complexity index is 718. The normalized spacial score (nSPS) is 17.0. The van der Waals surface area contributed by atoms with Crippen LogP contribution in [-0.4, -0.2) is 9.55 Å². The highest BCUT2D eigenvalue weighted by Crippen LogP contribution is 2.29. The van der Waals surface area contributed by atoms with Crippen molar-refractivity contribution in [2.75, 3.05) is 0 Å². The maximum atomic E-state index is 12.6. The quantitative estimate of drug-likeness (QED) is 0.829. The number of rotatable bonds is 2. The van der Waals surface area contributed by atoms with Crippen molar-refractivity contribution in [3.63, 3.8) is 0 Å². The van der Waals surface area contributed by atoms with Gasteiger partial charge in [0.15, 0.2) is 0 Å². The Morgan fingerprint density at radius 3 is 2.50 bits per heavy atom. The van der Waals surface area contributed by atoms with Gasteiger partial charge >= 0.3 is 5.69 Å². The highest BCUT2D eigenvalue weighted by Gasteiger charge is 2.22. The van der Waals surface area contributed by atoms with Crippen LogP contribution in [0.3, 0.4) is 0 Å². The second-order valence-electron chi connectivity index (χ2n) is 7.62. The molecule has 22 heavy (non-hydrogen) atoms. The summed E-state index contributed by atoms with van der Waals surface area (Å²) >= 11 is 0. The molecule has 1 saturated carbocycles. The second-order valence-corrected chi connectivity index (χ2v) is 7.62. The fourth-order valence-electron chi connectivity index (χ4n) is 3.60. The summed E-state index contributed by atoms with van der Waals surface area (Å²) in [5, 5.41) is 1.12.